The number of H-pyrrole nitrogens is 1. The third kappa shape index (κ3) is 6.90. The van der Waals surface area contributed by atoms with Gasteiger partial charge in [-0.2, -0.15) is 11.3 Å². The molecule has 45 heavy (non-hydrogen) atoms. The van der Waals surface area contributed by atoms with Gasteiger partial charge in [-0.25, -0.2) is 4.79 Å². The maximum atomic E-state index is 14.3. The smallest absolute Gasteiger partial charge is 0.318 e. The van der Waals surface area contributed by atoms with Crippen LogP contribution in [0, 0.1) is 0 Å². The number of rotatable bonds is 9. The predicted octanol–water partition coefficient (Wildman–Crippen LogP) is 6.60. The summed E-state index contributed by atoms with van der Waals surface area (Å²) in [6, 6.07) is 25.6. The number of urea groups is 1. The van der Waals surface area contributed by atoms with Crippen LogP contribution in [-0.2, 0) is 11.3 Å². The molecule has 2 aromatic heterocycles. The van der Waals surface area contributed by atoms with Crippen molar-refractivity contribution in [3.63, 3.8) is 0 Å². The van der Waals surface area contributed by atoms with Gasteiger partial charge in [-0.05, 0) is 71.9 Å². The molecule has 9 heteroatoms. The van der Waals surface area contributed by atoms with Crippen LogP contribution in [0.5, 0.6) is 0 Å². The van der Waals surface area contributed by atoms with Crippen molar-refractivity contribution in [2.45, 2.75) is 25.4 Å². The number of carbonyl (C=O) groups excluding carboxylic acids is 2. The number of para-hydroxylation sites is 2. The van der Waals surface area contributed by atoms with Gasteiger partial charge in [0.1, 0.15) is 6.04 Å². The number of hydrogen-bond acceptors (Lipinski definition) is 5. The van der Waals surface area contributed by atoms with E-state index in [0.717, 1.165) is 64.2 Å². The molecule has 8 nitrogen and oxygen atoms in total. The van der Waals surface area contributed by atoms with Crippen molar-refractivity contribution in [3.8, 4) is 11.1 Å². The van der Waals surface area contributed by atoms with Gasteiger partial charge in [0, 0.05) is 72.7 Å². The van der Waals surface area contributed by atoms with Crippen LogP contribution in [0.15, 0.2) is 95.8 Å². The molecule has 1 aliphatic heterocycles. The van der Waals surface area contributed by atoms with Gasteiger partial charge >= 0.3 is 6.03 Å². The minimum absolute atomic E-state index is 0.228. The molecule has 1 saturated heterocycles. The van der Waals surface area contributed by atoms with Crippen molar-refractivity contribution < 1.29 is 9.59 Å². The third-order valence-corrected chi connectivity index (χ3v) is 9.22. The molecule has 1 fully saturated rings. The van der Waals surface area contributed by atoms with Gasteiger partial charge < -0.3 is 30.3 Å². The molecule has 5 aromatic rings. The first-order chi connectivity index (χ1) is 21.9. The summed E-state index contributed by atoms with van der Waals surface area (Å²) in [7, 11) is 4.05. The first-order valence-electron chi connectivity index (χ1n) is 15.4. The Hall–Kier alpha value is -4.60. The highest BCUT2D eigenvalue weighted by Gasteiger charge is 2.32. The molecule has 2 atom stereocenters. The quantitative estimate of drug-likeness (QED) is 0.173. The lowest BCUT2D eigenvalue weighted by molar-refractivity contribution is -0.118. The summed E-state index contributed by atoms with van der Waals surface area (Å²) in [5.74, 6) is -0.548. The van der Waals surface area contributed by atoms with E-state index in [1.54, 1.807) is 11.3 Å². The fourth-order valence-corrected chi connectivity index (χ4v) is 6.79. The van der Waals surface area contributed by atoms with Crippen LogP contribution < -0.4 is 15.5 Å². The molecule has 3 N–H and O–H groups in total. The lowest BCUT2D eigenvalue weighted by Crippen LogP contribution is -2.56. The lowest BCUT2D eigenvalue weighted by atomic mass is 9.92. The standard InChI is InChI=1S/C36H40N6O2S/c1-25(31-22-37-32-12-8-7-11-30(31)32)34(39-36(44)42-18-16-41(17-19-42)28-9-5-4-6-10-28)35(43)38-33-21-26(23-40(2)3)13-14-29(33)27-15-20-45-24-27/h4-15,20-22,24-25,34,37H,16-19,23H2,1-3H3,(H,38,43)(H,39,44)/t25-,34-/m1/s1. The molecule has 0 aliphatic carbocycles. The molecule has 3 aromatic carbocycles. The van der Waals surface area contributed by atoms with E-state index in [2.05, 4.69) is 67.2 Å². The number of aromatic amines is 1. The molecular weight excluding hydrogens is 581 g/mol. The van der Waals surface area contributed by atoms with Crippen molar-refractivity contribution in [3.05, 3.63) is 107 Å². The topological polar surface area (TPSA) is 83.7 Å². The number of hydrogen-bond donors (Lipinski definition) is 3. The number of amides is 3. The Balaban J connectivity index is 1.27. The van der Waals surface area contributed by atoms with E-state index in [1.165, 1.54) is 0 Å². The molecule has 3 heterocycles. The number of piperazine rings is 1. The summed E-state index contributed by atoms with van der Waals surface area (Å²) in [4.78, 5) is 37.6. The van der Waals surface area contributed by atoms with Crippen LogP contribution in [0.25, 0.3) is 22.0 Å². The number of thiophene rings is 1. The second-order valence-electron chi connectivity index (χ2n) is 11.9. The SMILES string of the molecule is C[C@H](c1c[nH]c2ccccc12)[C@@H](NC(=O)N1CCN(c2ccccc2)CC1)C(=O)Nc1cc(CN(C)C)ccc1-c1ccsc1. The lowest BCUT2D eigenvalue weighted by Gasteiger charge is -2.37. The second-order valence-corrected chi connectivity index (χ2v) is 12.7. The largest absolute Gasteiger partial charge is 0.368 e. The fourth-order valence-electron chi connectivity index (χ4n) is 6.14. The monoisotopic (exact) mass is 620 g/mol. The second kappa shape index (κ2) is 13.6. The van der Waals surface area contributed by atoms with Gasteiger partial charge in [0.15, 0.2) is 0 Å². The van der Waals surface area contributed by atoms with Crippen LogP contribution in [0.1, 0.15) is 24.0 Å². The van der Waals surface area contributed by atoms with Crippen LogP contribution in [0.2, 0.25) is 0 Å². The van der Waals surface area contributed by atoms with E-state index >= 15 is 0 Å². The molecule has 3 amide bonds. The minimum Gasteiger partial charge on any atom is -0.368 e. The Bertz CT molecular complexity index is 1740. The van der Waals surface area contributed by atoms with Crippen LogP contribution >= 0.6 is 11.3 Å². The highest BCUT2D eigenvalue weighted by Crippen LogP contribution is 2.33. The van der Waals surface area contributed by atoms with Gasteiger partial charge in [0.2, 0.25) is 5.91 Å². The third-order valence-electron chi connectivity index (χ3n) is 8.53. The van der Waals surface area contributed by atoms with Crippen LogP contribution in [0.3, 0.4) is 0 Å². The number of carbonyl (C=O) groups is 2. The maximum Gasteiger partial charge on any atom is 0.318 e. The molecule has 0 radical (unpaired) electrons. The Kier molecular flexibility index (Phi) is 9.18. The molecule has 232 valence electrons. The first-order valence-corrected chi connectivity index (χ1v) is 16.3. The highest BCUT2D eigenvalue weighted by atomic mass is 32.1. The zero-order valence-electron chi connectivity index (χ0n) is 26.0. The van der Waals surface area contributed by atoms with E-state index in [9.17, 15) is 9.59 Å². The van der Waals surface area contributed by atoms with Crippen LogP contribution in [-0.4, -0.2) is 73.0 Å². The van der Waals surface area contributed by atoms with Gasteiger partial charge in [-0.15, -0.1) is 0 Å². The normalized spacial score (nSPS) is 14.8. The molecule has 0 unspecified atom stereocenters. The van der Waals surface area contributed by atoms with Crippen molar-refractivity contribution >= 4 is 45.6 Å². The number of nitrogens with one attached hydrogen (secondary N) is 3. The van der Waals surface area contributed by atoms with Crippen LogP contribution in [0.4, 0.5) is 16.2 Å². The number of nitrogens with zero attached hydrogens (tertiary/aromatic N) is 3. The molecule has 0 saturated carbocycles. The van der Waals surface area contributed by atoms with E-state index < -0.39 is 6.04 Å². The first kappa shape index (κ1) is 30.4. The molecule has 6 rings (SSSR count). The number of benzene rings is 3. The van der Waals surface area contributed by atoms with Crippen molar-refractivity contribution in [2.24, 2.45) is 0 Å². The zero-order chi connectivity index (χ0) is 31.3. The number of anilines is 2. The summed E-state index contributed by atoms with van der Waals surface area (Å²) in [5.41, 5.74) is 6.97. The Labute approximate surface area is 268 Å². The average Bonchev–Trinajstić information content (AvgIpc) is 3.74. The van der Waals surface area contributed by atoms with Gasteiger partial charge in [-0.3, -0.25) is 4.79 Å². The summed E-state index contributed by atoms with van der Waals surface area (Å²) < 4.78 is 0. The van der Waals surface area contributed by atoms with E-state index in [0.29, 0.717) is 13.1 Å². The van der Waals surface area contributed by atoms with Crippen molar-refractivity contribution in [2.75, 3.05) is 50.5 Å². The van der Waals surface area contributed by atoms with Crippen molar-refractivity contribution in [1.82, 2.24) is 20.1 Å². The molecule has 1 aliphatic rings. The van der Waals surface area contributed by atoms with E-state index in [4.69, 9.17) is 0 Å². The Morgan fingerprint density at radius 1 is 0.956 bits per heavy atom. The fraction of sp³-hybridized carbons (Fsp3) is 0.278. The summed E-state index contributed by atoms with van der Waals surface area (Å²) in [6.45, 7) is 5.37. The van der Waals surface area contributed by atoms with E-state index in [-0.39, 0.29) is 17.9 Å². The molecule has 0 spiro atoms. The molecule has 0 bridgehead atoms. The van der Waals surface area contributed by atoms with Gasteiger partial charge in [0.05, 0.1) is 0 Å². The summed E-state index contributed by atoms with van der Waals surface area (Å²) in [6.07, 6.45) is 1.95. The average molecular weight is 621 g/mol. The van der Waals surface area contributed by atoms with Crippen molar-refractivity contribution in [1.29, 1.82) is 0 Å². The summed E-state index contributed by atoms with van der Waals surface area (Å²) >= 11 is 1.62. The maximum absolute atomic E-state index is 14.3. The highest BCUT2D eigenvalue weighted by molar-refractivity contribution is 7.08. The summed E-state index contributed by atoms with van der Waals surface area (Å²) in [5, 5.41) is 11.5. The van der Waals surface area contributed by atoms with Gasteiger partial charge in [-0.1, -0.05) is 55.5 Å². The predicted molar refractivity (Wildman–Crippen MR) is 185 cm³/mol. The Morgan fingerprint density at radius 3 is 2.44 bits per heavy atom. The van der Waals surface area contributed by atoms with E-state index in [1.807, 2.05) is 80.0 Å². The zero-order valence-corrected chi connectivity index (χ0v) is 26.8. The number of fused-ring (bicyclic) bond motifs is 1. The minimum atomic E-state index is -0.809. The van der Waals surface area contributed by atoms with Gasteiger partial charge in [0.25, 0.3) is 0 Å². The molecular formula is C36H40N6O2S. The Morgan fingerprint density at radius 2 is 1.71 bits per heavy atom. The number of aromatic nitrogens is 1.